The van der Waals surface area contributed by atoms with Crippen LogP contribution in [0.15, 0.2) is 29.6 Å². The van der Waals surface area contributed by atoms with E-state index in [1.165, 1.54) is 32.2 Å². The van der Waals surface area contributed by atoms with Gasteiger partial charge < -0.3 is 15.2 Å². The molecule has 1 heterocycles. The first-order valence-electron chi connectivity index (χ1n) is 6.95. The molecule has 0 spiro atoms. The molecule has 1 aromatic carbocycles. The summed E-state index contributed by atoms with van der Waals surface area (Å²) in [4.78, 5) is 20.6. The Labute approximate surface area is 143 Å². The lowest BCUT2D eigenvalue weighted by Gasteiger charge is -2.12. The van der Waals surface area contributed by atoms with Gasteiger partial charge in [0.05, 0.1) is 25.7 Å². The quantitative estimate of drug-likeness (QED) is 0.483. The van der Waals surface area contributed by atoms with E-state index in [0.717, 1.165) is 0 Å². The van der Waals surface area contributed by atoms with Crippen LogP contribution in [0.1, 0.15) is 22.8 Å². The number of anilines is 1. The molecular formula is C16H16N4O3S. The summed E-state index contributed by atoms with van der Waals surface area (Å²) in [5, 5.41) is 8.73. The van der Waals surface area contributed by atoms with Crippen molar-refractivity contribution >= 4 is 23.4 Å². The first-order valence-corrected chi connectivity index (χ1v) is 7.83. The van der Waals surface area contributed by atoms with Crippen LogP contribution in [0.4, 0.5) is 5.82 Å². The van der Waals surface area contributed by atoms with Gasteiger partial charge in [-0.3, -0.25) is 4.79 Å². The van der Waals surface area contributed by atoms with Crippen LogP contribution in [0.2, 0.25) is 0 Å². The fraction of sp³-hybridized carbons (Fsp3) is 0.250. The molecule has 0 saturated carbocycles. The number of hydrogen-bond donors (Lipinski definition) is 1. The predicted octanol–water partition coefficient (Wildman–Crippen LogP) is 2.31. The minimum Gasteiger partial charge on any atom is -0.493 e. The number of thioether (sulfide) groups is 1. The van der Waals surface area contributed by atoms with Crippen molar-refractivity contribution in [2.24, 2.45) is 0 Å². The predicted molar refractivity (Wildman–Crippen MR) is 90.4 cm³/mol. The lowest BCUT2D eigenvalue weighted by atomic mass is 10.1. The Morgan fingerprint density at radius 1 is 1.33 bits per heavy atom. The van der Waals surface area contributed by atoms with Crippen molar-refractivity contribution in [3.8, 4) is 17.6 Å². The van der Waals surface area contributed by atoms with E-state index in [0.29, 0.717) is 22.2 Å². The Morgan fingerprint density at radius 3 is 2.62 bits per heavy atom. The van der Waals surface area contributed by atoms with Crippen molar-refractivity contribution in [2.45, 2.75) is 17.3 Å². The van der Waals surface area contributed by atoms with Gasteiger partial charge in [0.2, 0.25) is 0 Å². The van der Waals surface area contributed by atoms with E-state index in [1.54, 1.807) is 25.1 Å². The summed E-state index contributed by atoms with van der Waals surface area (Å²) >= 11 is 1.17. The summed E-state index contributed by atoms with van der Waals surface area (Å²) in [6.45, 7) is 1.75. The number of aromatic nitrogens is 2. The van der Waals surface area contributed by atoms with Crippen molar-refractivity contribution in [3.05, 3.63) is 35.5 Å². The van der Waals surface area contributed by atoms with Gasteiger partial charge in [-0.15, -0.1) is 0 Å². The Kier molecular flexibility index (Phi) is 5.60. The summed E-state index contributed by atoms with van der Waals surface area (Å²) < 4.78 is 10.4. The number of carbonyl (C=O) groups is 1. The lowest BCUT2D eigenvalue weighted by Crippen LogP contribution is -2.14. The van der Waals surface area contributed by atoms with Crippen LogP contribution in [0.3, 0.4) is 0 Å². The molecule has 0 radical (unpaired) electrons. The number of hydrogen-bond acceptors (Lipinski definition) is 8. The zero-order chi connectivity index (χ0) is 17.7. The molecule has 2 rings (SSSR count). The van der Waals surface area contributed by atoms with Gasteiger partial charge >= 0.3 is 0 Å². The molecule has 1 atom stereocenters. The van der Waals surface area contributed by atoms with Gasteiger partial charge in [-0.1, -0.05) is 11.8 Å². The van der Waals surface area contributed by atoms with Gasteiger partial charge in [0, 0.05) is 5.56 Å². The van der Waals surface area contributed by atoms with Crippen LogP contribution in [-0.4, -0.2) is 35.2 Å². The average Bonchev–Trinajstić information content (AvgIpc) is 2.60. The van der Waals surface area contributed by atoms with Gasteiger partial charge in [-0.25, -0.2) is 9.97 Å². The highest BCUT2D eigenvalue weighted by Gasteiger charge is 2.20. The van der Waals surface area contributed by atoms with Gasteiger partial charge in [-0.2, -0.15) is 5.26 Å². The number of nitrogens with zero attached hydrogens (tertiary/aromatic N) is 3. The molecule has 2 aromatic rings. The number of methoxy groups -OCH3 is 2. The molecule has 0 aliphatic heterocycles. The van der Waals surface area contributed by atoms with Gasteiger partial charge in [-0.05, 0) is 25.1 Å². The Balaban J connectivity index is 2.18. The minimum atomic E-state index is -0.435. The van der Waals surface area contributed by atoms with Crippen molar-refractivity contribution in [1.29, 1.82) is 5.26 Å². The van der Waals surface area contributed by atoms with Gasteiger partial charge in [0.1, 0.15) is 17.5 Å². The second-order valence-electron chi connectivity index (χ2n) is 4.76. The SMILES string of the molecule is COc1ccc(C(=O)C(C)Sc2ncc(C#N)c(N)n2)cc1OC. The zero-order valence-corrected chi connectivity index (χ0v) is 14.3. The van der Waals surface area contributed by atoms with Crippen molar-refractivity contribution in [1.82, 2.24) is 9.97 Å². The molecule has 0 aliphatic rings. The zero-order valence-electron chi connectivity index (χ0n) is 13.4. The highest BCUT2D eigenvalue weighted by molar-refractivity contribution is 8.00. The lowest BCUT2D eigenvalue weighted by molar-refractivity contribution is 0.0993. The standard InChI is InChI=1S/C16H16N4O3S/c1-9(24-16-19-8-11(7-17)15(18)20-16)14(21)10-4-5-12(22-2)13(6-10)23-3/h4-6,8-9H,1-3H3,(H2,18,19,20). The molecule has 124 valence electrons. The first kappa shape index (κ1) is 17.6. The number of nitrogen functional groups attached to an aromatic ring is 1. The molecular weight excluding hydrogens is 328 g/mol. The largest absolute Gasteiger partial charge is 0.493 e. The van der Waals surface area contributed by atoms with E-state index in [4.69, 9.17) is 20.5 Å². The Hall–Kier alpha value is -2.79. The van der Waals surface area contributed by atoms with E-state index < -0.39 is 5.25 Å². The fourth-order valence-corrected chi connectivity index (χ4v) is 2.78. The second kappa shape index (κ2) is 7.66. The topological polar surface area (TPSA) is 111 Å². The van der Waals surface area contributed by atoms with Crippen molar-refractivity contribution in [3.63, 3.8) is 0 Å². The van der Waals surface area contributed by atoms with Crippen LogP contribution >= 0.6 is 11.8 Å². The molecule has 1 unspecified atom stereocenters. The normalized spacial score (nSPS) is 11.4. The summed E-state index contributed by atoms with van der Waals surface area (Å²) in [6, 6.07) is 6.88. The monoisotopic (exact) mass is 344 g/mol. The van der Waals surface area contributed by atoms with Crippen LogP contribution in [0.5, 0.6) is 11.5 Å². The number of Topliss-reactive ketones (excluding diaryl/α,β-unsaturated/α-hetero) is 1. The van der Waals surface area contributed by atoms with E-state index in [9.17, 15) is 4.79 Å². The summed E-state index contributed by atoms with van der Waals surface area (Å²) in [6.07, 6.45) is 1.35. The maximum absolute atomic E-state index is 12.6. The minimum absolute atomic E-state index is 0.0979. The molecule has 1 aromatic heterocycles. The van der Waals surface area contributed by atoms with Gasteiger partial charge in [0.25, 0.3) is 0 Å². The van der Waals surface area contributed by atoms with E-state index in [1.807, 2.05) is 6.07 Å². The van der Waals surface area contributed by atoms with Crippen LogP contribution in [0, 0.1) is 11.3 Å². The summed E-state index contributed by atoms with van der Waals surface area (Å²) in [5.41, 5.74) is 6.36. The fourth-order valence-electron chi connectivity index (χ4n) is 1.96. The second-order valence-corrected chi connectivity index (χ2v) is 6.07. The molecule has 0 bridgehead atoms. The van der Waals surface area contributed by atoms with E-state index in [2.05, 4.69) is 9.97 Å². The third kappa shape index (κ3) is 3.75. The highest BCUT2D eigenvalue weighted by atomic mass is 32.2. The maximum Gasteiger partial charge on any atom is 0.190 e. The van der Waals surface area contributed by atoms with Crippen molar-refractivity contribution < 1.29 is 14.3 Å². The van der Waals surface area contributed by atoms with Crippen LogP contribution < -0.4 is 15.2 Å². The van der Waals surface area contributed by atoms with E-state index in [-0.39, 0.29) is 17.2 Å². The number of carbonyl (C=O) groups excluding carboxylic acids is 1. The smallest absolute Gasteiger partial charge is 0.190 e. The first-order chi connectivity index (χ1) is 11.5. The van der Waals surface area contributed by atoms with Crippen LogP contribution in [0.25, 0.3) is 0 Å². The van der Waals surface area contributed by atoms with Crippen molar-refractivity contribution in [2.75, 3.05) is 20.0 Å². The third-order valence-corrected chi connectivity index (χ3v) is 4.21. The summed E-state index contributed by atoms with van der Waals surface area (Å²) in [5.74, 6) is 1.03. The third-order valence-electron chi connectivity index (χ3n) is 3.24. The Bertz CT molecular complexity index is 804. The number of nitrogens with two attached hydrogens (primary N) is 1. The highest BCUT2D eigenvalue weighted by Crippen LogP contribution is 2.30. The molecule has 2 N–H and O–H groups in total. The summed E-state index contributed by atoms with van der Waals surface area (Å²) in [7, 11) is 3.04. The Morgan fingerprint density at radius 2 is 2.04 bits per heavy atom. The average molecular weight is 344 g/mol. The molecule has 24 heavy (non-hydrogen) atoms. The van der Waals surface area contributed by atoms with Gasteiger partial charge in [0.15, 0.2) is 22.4 Å². The molecule has 7 nitrogen and oxygen atoms in total. The molecule has 0 saturated heterocycles. The molecule has 0 fully saturated rings. The number of ether oxygens (including phenoxy) is 2. The van der Waals surface area contributed by atoms with E-state index >= 15 is 0 Å². The number of benzene rings is 1. The number of ketones is 1. The molecule has 0 aliphatic carbocycles. The maximum atomic E-state index is 12.6. The molecule has 8 heteroatoms. The molecule has 0 amide bonds. The van der Waals surface area contributed by atoms with Crippen LogP contribution in [-0.2, 0) is 0 Å². The number of nitriles is 1. The number of rotatable bonds is 6.